The molecule has 0 saturated heterocycles. The molecule has 1 amide bonds. The smallest absolute Gasteiger partial charge is 0.341 e. The first-order valence-electron chi connectivity index (χ1n) is 9.66. The number of rotatable bonds is 7. The third kappa shape index (κ3) is 4.92. The number of benzene rings is 1. The zero-order chi connectivity index (χ0) is 23.4. The van der Waals surface area contributed by atoms with Gasteiger partial charge < -0.3 is 14.6 Å². The molecule has 0 aliphatic heterocycles. The summed E-state index contributed by atoms with van der Waals surface area (Å²) in [4.78, 5) is 29.3. The van der Waals surface area contributed by atoms with Crippen LogP contribution in [0.1, 0.15) is 10.4 Å². The van der Waals surface area contributed by atoms with Crippen LogP contribution >= 0.6 is 34.7 Å². The highest BCUT2D eigenvalue weighted by molar-refractivity contribution is 7.99. The molecule has 1 N–H and O–H groups in total. The molecular weight excluding hydrogens is 482 g/mol. The maximum Gasteiger partial charge on any atom is 0.341 e. The van der Waals surface area contributed by atoms with Crippen molar-refractivity contribution in [2.24, 2.45) is 7.05 Å². The molecule has 3 aromatic heterocycles. The van der Waals surface area contributed by atoms with Crippen LogP contribution in [0.25, 0.3) is 22.5 Å². The minimum Gasteiger partial charge on any atom is -0.465 e. The van der Waals surface area contributed by atoms with Crippen molar-refractivity contribution in [1.82, 2.24) is 19.7 Å². The highest BCUT2D eigenvalue weighted by atomic mass is 35.5. The number of aromatic nitrogens is 4. The van der Waals surface area contributed by atoms with Crippen LogP contribution in [0, 0.1) is 0 Å². The summed E-state index contributed by atoms with van der Waals surface area (Å²) in [5.41, 5.74) is 2.39. The summed E-state index contributed by atoms with van der Waals surface area (Å²) >= 11 is 8.79. The van der Waals surface area contributed by atoms with E-state index in [0.717, 1.165) is 5.56 Å². The zero-order valence-electron chi connectivity index (χ0n) is 17.6. The Labute approximate surface area is 203 Å². The molecule has 3 heterocycles. The van der Waals surface area contributed by atoms with Crippen molar-refractivity contribution >= 4 is 51.6 Å². The van der Waals surface area contributed by atoms with Crippen LogP contribution in [-0.4, -0.2) is 44.5 Å². The largest absolute Gasteiger partial charge is 0.465 e. The Kier molecular flexibility index (Phi) is 7.07. The Balaban J connectivity index is 1.50. The number of anilines is 1. The zero-order valence-corrected chi connectivity index (χ0v) is 20.0. The van der Waals surface area contributed by atoms with E-state index in [1.165, 1.54) is 30.2 Å². The summed E-state index contributed by atoms with van der Waals surface area (Å²) in [6, 6.07) is 10.9. The number of methoxy groups -OCH3 is 1. The quantitative estimate of drug-likeness (QED) is 0.288. The maximum absolute atomic E-state index is 12.7. The van der Waals surface area contributed by atoms with Gasteiger partial charge in [-0.3, -0.25) is 9.78 Å². The van der Waals surface area contributed by atoms with Gasteiger partial charge in [-0.05, 0) is 18.2 Å². The number of nitrogens with one attached hydrogen (secondary N) is 1. The van der Waals surface area contributed by atoms with Gasteiger partial charge in [-0.25, -0.2) is 4.79 Å². The number of ether oxygens (including phenoxy) is 1. The number of amides is 1. The molecule has 0 aliphatic carbocycles. The number of halogens is 1. The summed E-state index contributed by atoms with van der Waals surface area (Å²) in [6.45, 7) is 0. The van der Waals surface area contributed by atoms with Crippen LogP contribution < -0.4 is 5.32 Å². The molecule has 0 saturated carbocycles. The lowest BCUT2D eigenvalue weighted by molar-refractivity contribution is -0.113. The molecule has 8 nitrogen and oxygen atoms in total. The monoisotopic (exact) mass is 499 g/mol. The molecule has 11 heteroatoms. The van der Waals surface area contributed by atoms with E-state index in [2.05, 4.69) is 20.5 Å². The van der Waals surface area contributed by atoms with Crippen molar-refractivity contribution in [3.8, 4) is 22.5 Å². The van der Waals surface area contributed by atoms with Gasteiger partial charge in [-0.1, -0.05) is 41.6 Å². The molecule has 0 spiro atoms. The van der Waals surface area contributed by atoms with E-state index >= 15 is 0 Å². The van der Waals surface area contributed by atoms with Gasteiger partial charge in [0.05, 0.1) is 12.9 Å². The fourth-order valence-electron chi connectivity index (χ4n) is 3.11. The van der Waals surface area contributed by atoms with Gasteiger partial charge in [0, 0.05) is 46.5 Å². The van der Waals surface area contributed by atoms with Gasteiger partial charge in [-0.15, -0.1) is 21.5 Å². The Bertz CT molecular complexity index is 1310. The number of hydrogen-bond donors (Lipinski definition) is 1. The van der Waals surface area contributed by atoms with Crippen molar-refractivity contribution in [2.45, 2.75) is 5.16 Å². The highest BCUT2D eigenvalue weighted by Crippen LogP contribution is 2.39. The molecule has 33 heavy (non-hydrogen) atoms. The lowest BCUT2D eigenvalue weighted by atomic mass is 10.0. The number of carbonyl (C=O) groups excluding carboxylic acids is 2. The van der Waals surface area contributed by atoms with Crippen molar-refractivity contribution < 1.29 is 14.3 Å². The first-order chi connectivity index (χ1) is 16.0. The van der Waals surface area contributed by atoms with Crippen LogP contribution in [0.2, 0.25) is 5.02 Å². The SMILES string of the molecule is COC(=O)c1c(-c2ccccc2Cl)csc1NC(=O)CSc1nnc(-c2cccnc2)n1C. The van der Waals surface area contributed by atoms with Crippen molar-refractivity contribution in [3.05, 3.63) is 64.8 Å². The maximum atomic E-state index is 12.7. The molecule has 0 unspecified atom stereocenters. The van der Waals surface area contributed by atoms with E-state index in [9.17, 15) is 9.59 Å². The standard InChI is InChI=1S/C22H18ClN5O3S2/c1-28-19(13-6-5-9-24-10-13)26-27-22(28)33-12-17(29)25-20-18(21(30)31-2)15(11-32-20)14-7-3-4-8-16(14)23/h3-11H,12H2,1-2H3,(H,25,29). The lowest BCUT2D eigenvalue weighted by Gasteiger charge is -2.09. The van der Waals surface area contributed by atoms with E-state index in [4.69, 9.17) is 16.3 Å². The second-order valence-electron chi connectivity index (χ2n) is 6.77. The number of pyridine rings is 1. The number of carbonyl (C=O) groups is 2. The summed E-state index contributed by atoms with van der Waals surface area (Å²) in [5, 5.41) is 14.4. The molecule has 4 rings (SSSR count). The molecule has 0 fully saturated rings. The predicted octanol–water partition coefficient (Wildman–Crippen LogP) is 4.78. The van der Waals surface area contributed by atoms with Crippen LogP contribution in [0.5, 0.6) is 0 Å². The van der Waals surface area contributed by atoms with E-state index in [-0.39, 0.29) is 17.2 Å². The van der Waals surface area contributed by atoms with Crippen molar-refractivity contribution in [2.75, 3.05) is 18.2 Å². The van der Waals surface area contributed by atoms with Crippen LogP contribution in [0.3, 0.4) is 0 Å². The molecule has 0 radical (unpaired) electrons. The van der Waals surface area contributed by atoms with E-state index in [1.807, 2.05) is 37.4 Å². The van der Waals surface area contributed by atoms with E-state index in [1.54, 1.807) is 28.4 Å². The first kappa shape index (κ1) is 23.0. The minimum absolute atomic E-state index is 0.0823. The van der Waals surface area contributed by atoms with Crippen molar-refractivity contribution in [1.29, 1.82) is 0 Å². The Morgan fingerprint density at radius 3 is 2.73 bits per heavy atom. The summed E-state index contributed by atoms with van der Waals surface area (Å²) in [7, 11) is 3.12. The lowest BCUT2D eigenvalue weighted by Crippen LogP contribution is -2.16. The topological polar surface area (TPSA) is 99.0 Å². The Morgan fingerprint density at radius 2 is 2.00 bits per heavy atom. The first-order valence-corrected chi connectivity index (χ1v) is 11.9. The molecule has 4 aromatic rings. The molecular formula is C22H18ClN5O3S2. The second-order valence-corrected chi connectivity index (χ2v) is 9.00. The van der Waals surface area contributed by atoms with Gasteiger partial charge in [-0.2, -0.15) is 0 Å². The average molecular weight is 500 g/mol. The normalized spacial score (nSPS) is 10.8. The number of thioether (sulfide) groups is 1. The van der Waals surface area contributed by atoms with E-state index in [0.29, 0.717) is 32.1 Å². The Hall–Kier alpha value is -3.21. The number of hydrogen-bond acceptors (Lipinski definition) is 8. The molecule has 0 aliphatic rings. The van der Waals surface area contributed by atoms with Gasteiger partial charge in [0.1, 0.15) is 10.6 Å². The van der Waals surface area contributed by atoms with Crippen LogP contribution in [0.4, 0.5) is 5.00 Å². The molecule has 0 bridgehead atoms. The molecule has 168 valence electrons. The number of esters is 1. The van der Waals surface area contributed by atoms with Gasteiger partial charge in [0.25, 0.3) is 0 Å². The third-order valence-corrected chi connectivity index (χ3v) is 6.93. The predicted molar refractivity (Wildman–Crippen MR) is 130 cm³/mol. The molecule has 1 aromatic carbocycles. The number of thiophene rings is 1. The van der Waals surface area contributed by atoms with Crippen LogP contribution in [-0.2, 0) is 16.6 Å². The fraction of sp³-hybridized carbons (Fsp3) is 0.136. The van der Waals surface area contributed by atoms with Gasteiger partial charge in [0.2, 0.25) is 5.91 Å². The highest BCUT2D eigenvalue weighted by Gasteiger charge is 2.23. The summed E-state index contributed by atoms with van der Waals surface area (Å²) < 4.78 is 6.75. The second kappa shape index (κ2) is 10.2. The average Bonchev–Trinajstić information content (AvgIpc) is 3.41. The Morgan fingerprint density at radius 1 is 1.18 bits per heavy atom. The minimum atomic E-state index is -0.552. The summed E-state index contributed by atoms with van der Waals surface area (Å²) in [6.07, 6.45) is 3.39. The van der Waals surface area contributed by atoms with Gasteiger partial charge in [0.15, 0.2) is 11.0 Å². The number of nitrogens with zero attached hydrogens (tertiary/aromatic N) is 4. The van der Waals surface area contributed by atoms with Gasteiger partial charge >= 0.3 is 5.97 Å². The van der Waals surface area contributed by atoms with Crippen molar-refractivity contribution in [3.63, 3.8) is 0 Å². The van der Waals surface area contributed by atoms with Crippen LogP contribution in [0.15, 0.2) is 59.3 Å². The third-order valence-electron chi connectivity index (χ3n) is 4.68. The van der Waals surface area contributed by atoms with E-state index < -0.39 is 5.97 Å². The fourth-order valence-corrected chi connectivity index (χ4v) is 5.03. The molecule has 0 atom stereocenters. The summed E-state index contributed by atoms with van der Waals surface area (Å²) in [5.74, 6) is -0.104.